The summed E-state index contributed by atoms with van der Waals surface area (Å²) in [6.45, 7) is 0. The van der Waals surface area contributed by atoms with E-state index in [9.17, 15) is 9.59 Å². The molecule has 0 saturated carbocycles. The molecule has 0 spiro atoms. The zero-order valence-electron chi connectivity index (χ0n) is 6.49. The Bertz CT molecular complexity index is 291. The number of piperidine rings is 1. The molecular formula is C9H9NO2. The second-order valence-electron chi connectivity index (χ2n) is 3.03. The molecule has 0 radical (unpaired) electrons. The predicted octanol–water partition coefficient (Wildman–Crippen LogP) is 0.186. The SMILES string of the molecule is O=C1CC(=O)C2C=CC=CC2N1. The minimum atomic E-state index is -0.166. The van der Waals surface area contributed by atoms with Crippen LogP contribution in [0.2, 0.25) is 0 Å². The van der Waals surface area contributed by atoms with Gasteiger partial charge in [-0.3, -0.25) is 9.59 Å². The van der Waals surface area contributed by atoms with Gasteiger partial charge < -0.3 is 5.32 Å². The first-order chi connectivity index (χ1) is 5.77. The minimum Gasteiger partial charge on any atom is -0.348 e. The monoisotopic (exact) mass is 163 g/mol. The van der Waals surface area contributed by atoms with Crippen molar-refractivity contribution in [3.05, 3.63) is 24.3 Å². The summed E-state index contributed by atoms with van der Waals surface area (Å²) in [4.78, 5) is 22.2. The van der Waals surface area contributed by atoms with E-state index in [1.165, 1.54) is 0 Å². The van der Waals surface area contributed by atoms with Gasteiger partial charge in [0.25, 0.3) is 0 Å². The molecule has 1 aliphatic carbocycles. The third-order valence-corrected chi connectivity index (χ3v) is 2.17. The van der Waals surface area contributed by atoms with Crippen LogP contribution in [-0.2, 0) is 9.59 Å². The molecule has 3 nitrogen and oxygen atoms in total. The summed E-state index contributed by atoms with van der Waals surface area (Å²) < 4.78 is 0. The van der Waals surface area contributed by atoms with Gasteiger partial charge in [-0.25, -0.2) is 0 Å². The van der Waals surface area contributed by atoms with E-state index in [1.807, 2.05) is 24.3 Å². The van der Waals surface area contributed by atoms with Crippen LogP contribution in [-0.4, -0.2) is 17.7 Å². The van der Waals surface area contributed by atoms with Crippen molar-refractivity contribution in [1.29, 1.82) is 0 Å². The molecule has 1 aliphatic heterocycles. The molecule has 0 aromatic rings. The van der Waals surface area contributed by atoms with E-state index in [2.05, 4.69) is 5.32 Å². The van der Waals surface area contributed by atoms with Crippen LogP contribution in [0.3, 0.4) is 0 Å². The topological polar surface area (TPSA) is 46.2 Å². The lowest BCUT2D eigenvalue weighted by molar-refractivity contribution is -0.133. The van der Waals surface area contributed by atoms with Crippen molar-refractivity contribution in [2.75, 3.05) is 0 Å². The van der Waals surface area contributed by atoms with Gasteiger partial charge in [-0.15, -0.1) is 0 Å². The number of amides is 1. The van der Waals surface area contributed by atoms with Gasteiger partial charge in [-0.2, -0.15) is 0 Å². The third kappa shape index (κ3) is 1.07. The Morgan fingerprint density at radius 1 is 1.25 bits per heavy atom. The van der Waals surface area contributed by atoms with Gasteiger partial charge in [-0.1, -0.05) is 24.3 Å². The molecule has 2 unspecified atom stereocenters. The molecule has 1 heterocycles. The molecule has 1 saturated heterocycles. The van der Waals surface area contributed by atoms with Crippen molar-refractivity contribution in [2.24, 2.45) is 5.92 Å². The minimum absolute atomic E-state index is 0.0179. The Balaban J connectivity index is 2.25. The van der Waals surface area contributed by atoms with Gasteiger partial charge in [0.05, 0.1) is 18.4 Å². The first kappa shape index (κ1) is 7.28. The quantitative estimate of drug-likeness (QED) is 0.518. The highest BCUT2D eigenvalue weighted by Gasteiger charge is 2.32. The second kappa shape index (κ2) is 2.59. The zero-order chi connectivity index (χ0) is 8.55. The number of carbonyl (C=O) groups is 2. The molecule has 0 aromatic carbocycles. The molecule has 1 fully saturated rings. The van der Waals surface area contributed by atoms with Crippen LogP contribution < -0.4 is 5.32 Å². The summed E-state index contributed by atoms with van der Waals surface area (Å²) in [5.74, 6) is -0.279. The van der Waals surface area contributed by atoms with Crippen LogP contribution in [0.1, 0.15) is 6.42 Å². The highest BCUT2D eigenvalue weighted by atomic mass is 16.2. The fourth-order valence-electron chi connectivity index (χ4n) is 1.57. The largest absolute Gasteiger partial charge is 0.348 e. The molecule has 0 bridgehead atoms. The lowest BCUT2D eigenvalue weighted by Gasteiger charge is -2.28. The summed E-state index contributed by atoms with van der Waals surface area (Å²) in [7, 11) is 0. The fourth-order valence-corrected chi connectivity index (χ4v) is 1.57. The van der Waals surface area contributed by atoms with E-state index in [0.29, 0.717) is 0 Å². The number of fused-ring (bicyclic) bond motifs is 1. The van der Waals surface area contributed by atoms with Gasteiger partial charge in [0, 0.05) is 0 Å². The smallest absolute Gasteiger partial charge is 0.227 e. The van der Waals surface area contributed by atoms with Crippen molar-refractivity contribution in [2.45, 2.75) is 12.5 Å². The first-order valence-corrected chi connectivity index (χ1v) is 3.94. The standard InChI is InChI=1S/C9H9NO2/c11-8-5-9(12)10-7-4-2-1-3-6(7)8/h1-4,6-7H,5H2,(H,10,12). The van der Waals surface area contributed by atoms with Crippen molar-refractivity contribution in [3.63, 3.8) is 0 Å². The van der Waals surface area contributed by atoms with Crippen LogP contribution in [0, 0.1) is 5.92 Å². The van der Waals surface area contributed by atoms with Gasteiger partial charge >= 0.3 is 0 Å². The summed E-state index contributed by atoms with van der Waals surface area (Å²) in [5.41, 5.74) is 0. The third-order valence-electron chi connectivity index (χ3n) is 2.17. The van der Waals surface area contributed by atoms with Gasteiger partial charge in [-0.05, 0) is 0 Å². The van der Waals surface area contributed by atoms with Crippen molar-refractivity contribution < 1.29 is 9.59 Å². The number of rotatable bonds is 0. The van der Waals surface area contributed by atoms with Crippen LogP contribution in [0.15, 0.2) is 24.3 Å². The van der Waals surface area contributed by atoms with E-state index in [0.717, 1.165) is 0 Å². The Morgan fingerprint density at radius 3 is 2.83 bits per heavy atom. The molecule has 12 heavy (non-hydrogen) atoms. The molecule has 2 rings (SSSR count). The van der Waals surface area contributed by atoms with Crippen LogP contribution in [0.5, 0.6) is 0 Å². The summed E-state index contributed by atoms with van der Waals surface area (Å²) >= 11 is 0. The average molecular weight is 163 g/mol. The van der Waals surface area contributed by atoms with Crippen molar-refractivity contribution >= 4 is 11.7 Å². The highest BCUT2D eigenvalue weighted by molar-refractivity contribution is 6.03. The Labute approximate surface area is 70.1 Å². The number of nitrogens with one attached hydrogen (secondary N) is 1. The number of hydrogen-bond acceptors (Lipinski definition) is 2. The molecule has 1 amide bonds. The first-order valence-electron chi connectivity index (χ1n) is 3.94. The number of allylic oxidation sites excluding steroid dienone is 2. The Hall–Kier alpha value is -1.38. The lowest BCUT2D eigenvalue weighted by atomic mass is 9.86. The normalized spacial score (nSPS) is 33.0. The van der Waals surface area contributed by atoms with Crippen LogP contribution in [0.25, 0.3) is 0 Å². The van der Waals surface area contributed by atoms with E-state index in [-0.39, 0.29) is 30.1 Å². The lowest BCUT2D eigenvalue weighted by Crippen LogP contribution is -2.48. The molecule has 62 valence electrons. The highest BCUT2D eigenvalue weighted by Crippen LogP contribution is 2.19. The Morgan fingerprint density at radius 2 is 2.00 bits per heavy atom. The predicted molar refractivity (Wildman–Crippen MR) is 43.3 cm³/mol. The van der Waals surface area contributed by atoms with Crippen LogP contribution in [0.4, 0.5) is 0 Å². The number of Topliss-reactive ketones (excluding diaryl/α,β-unsaturated/α-hetero) is 1. The fraction of sp³-hybridized carbons (Fsp3) is 0.333. The molecule has 2 aliphatic rings. The molecular weight excluding hydrogens is 154 g/mol. The summed E-state index contributed by atoms with van der Waals surface area (Å²) in [5, 5.41) is 2.75. The number of hydrogen-bond donors (Lipinski definition) is 1. The molecule has 0 aromatic heterocycles. The van der Waals surface area contributed by atoms with Gasteiger partial charge in [0.1, 0.15) is 0 Å². The Kier molecular flexibility index (Phi) is 1.57. The average Bonchev–Trinajstić information content (AvgIpc) is 2.04. The van der Waals surface area contributed by atoms with Crippen molar-refractivity contribution in [3.8, 4) is 0 Å². The van der Waals surface area contributed by atoms with E-state index < -0.39 is 0 Å². The second-order valence-corrected chi connectivity index (χ2v) is 3.03. The van der Waals surface area contributed by atoms with E-state index in [4.69, 9.17) is 0 Å². The van der Waals surface area contributed by atoms with E-state index in [1.54, 1.807) is 0 Å². The summed E-state index contributed by atoms with van der Waals surface area (Å²) in [6, 6.07) is -0.108. The molecule has 1 N–H and O–H groups in total. The van der Waals surface area contributed by atoms with Gasteiger partial charge in [0.2, 0.25) is 5.91 Å². The maximum absolute atomic E-state index is 11.3. The zero-order valence-corrected chi connectivity index (χ0v) is 6.49. The maximum Gasteiger partial charge on any atom is 0.227 e. The van der Waals surface area contributed by atoms with E-state index >= 15 is 0 Å². The van der Waals surface area contributed by atoms with Gasteiger partial charge in [0.15, 0.2) is 5.78 Å². The molecule has 2 atom stereocenters. The summed E-state index contributed by atoms with van der Waals surface area (Å²) in [6.07, 6.45) is 7.40. The van der Waals surface area contributed by atoms with Crippen LogP contribution >= 0.6 is 0 Å². The number of ketones is 1. The molecule has 3 heteroatoms. The van der Waals surface area contributed by atoms with Crippen molar-refractivity contribution in [1.82, 2.24) is 5.32 Å². The number of carbonyl (C=O) groups excluding carboxylic acids is 2. The maximum atomic E-state index is 11.3.